The molecule has 0 spiro atoms. The highest BCUT2D eigenvalue weighted by atomic mass is 32.2. The van der Waals surface area contributed by atoms with E-state index in [1.54, 1.807) is 18.2 Å². The van der Waals surface area contributed by atoms with Gasteiger partial charge in [-0.2, -0.15) is 4.31 Å². The second-order valence-electron chi connectivity index (χ2n) is 5.40. The van der Waals surface area contributed by atoms with Crippen LogP contribution in [-0.4, -0.2) is 43.1 Å². The molecule has 0 aromatic heterocycles. The molecule has 20 heavy (non-hydrogen) atoms. The smallest absolute Gasteiger partial charge is 0.243 e. The lowest BCUT2D eigenvalue weighted by Gasteiger charge is -2.17. The molecule has 0 aliphatic carbocycles. The van der Waals surface area contributed by atoms with E-state index in [2.05, 4.69) is 0 Å². The van der Waals surface area contributed by atoms with Crippen LogP contribution < -0.4 is 4.74 Å². The van der Waals surface area contributed by atoms with Gasteiger partial charge in [0, 0.05) is 13.1 Å². The lowest BCUT2D eigenvalue weighted by molar-refractivity contribution is 0.189. The van der Waals surface area contributed by atoms with Crippen molar-refractivity contribution in [1.29, 1.82) is 0 Å². The lowest BCUT2D eigenvalue weighted by atomic mass is 10.2. The normalized spacial score (nSPS) is 20.6. The highest BCUT2D eigenvalue weighted by Crippen LogP contribution is 2.26. The van der Waals surface area contributed by atoms with Crippen molar-refractivity contribution in [2.24, 2.45) is 0 Å². The summed E-state index contributed by atoms with van der Waals surface area (Å²) in [6.45, 7) is 6.22. The number of nitrogens with zero attached hydrogens (tertiary/aromatic N) is 1. The molecule has 1 atom stereocenters. The topological polar surface area (TPSA) is 66.8 Å². The molecule has 1 N–H and O–H groups in total. The van der Waals surface area contributed by atoms with Gasteiger partial charge >= 0.3 is 0 Å². The first kappa shape index (κ1) is 15.3. The highest BCUT2D eigenvalue weighted by Gasteiger charge is 2.31. The zero-order valence-corrected chi connectivity index (χ0v) is 12.9. The third kappa shape index (κ3) is 3.13. The van der Waals surface area contributed by atoms with E-state index >= 15 is 0 Å². The van der Waals surface area contributed by atoms with E-state index < -0.39 is 16.1 Å². The lowest BCUT2D eigenvalue weighted by Crippen LogP contribution is -2.29. The van der Waals surface area contributed by atoms with Gasteiger partial charge in [-0.05, 0) is 51.0 Å². The van der Waals surface area contributed by atoms with Crippen LogP contribution in [0.3, 0.4) is 0 Å². The van der Waals surface area contributed by atoms with E-state index in [1.807, 2.05) is 20.8 Å². The zero-order chi connectivity index (χ0) is 14.9. The van der Waals surface area contributed by atoms with Gasteiger partial charge in [-0.1, -0.05) is 0 Å². The van der Waals surface area contributed by atoms with Crippen molar-refractivity contribution >= 4 is 10.0 Å². The Morgan fingerprint density at radius 2 is 2.10 bits per heavy atom. The SMILES string of the molecule is Cc1cc(S(=O)(=O)N2CC[C@@H](O)C2)ccc1OC(C)C. The molecule has 112 valence electrons. The largest absolute Gasteiger partial charge is 0.491 e. The van der Waals surface area contributed by atoms with Crippen LogP contribution in [0.15, 0.2) is 23.1 Å². The summed E-state index contributed by atoms with van der Waals surface area (Å²) in [5.74, 6) is 0.695. The number of aryl methyl sites for hydroxylation is 1. The predicted molar refractivity (Wildman–Crippen MR) is 76.3 cm³/mol. The number of aliphatic hydroxyl groups is 1. The Bertz CT molecular complexity index is 583. The quantitative estimate of drug-likeness (QED) is 0.916. The van der Waals surface area contributed by atoms with Crippen LogP contribution in [0, 0.1) is 6.92 Å². The minimum atomic E-state index is -3.52. The fourth-order valence-corrected chi connectivity index (χ4v) is 3.82. The van der Waals surface area contributed by atoms with Crippen molar-refractivity contribution in [3.63, 3.8) is 0 Å². The van der Waals surface area contributed by atoms with Gasteiger partial charge in [0.15, 0.2) is 0 Å². The third-order valence-electron chi connectivity index (χ3n) is 3.27. The number of β-amino-alcohol motifs (C(OH)–C–C–N with tert-alkyl or cyclic N) is 1. The molecule has 5 nitrogen and oxygen atoms in total. The molecule has 0 bridgehead atoms. The molecule has 2 rings (SSSR count). The Morgan fingerprint density at radius 1 is 1.40 bits per heavy atom. The number of hydrogen-bond donors (Lipinski definition) is 1. The number of aliphatic hydroxyl groups excluding tert-OH is 1. The van der Waals surface area contributed by atoms with Crippen molar-refractivity contribution in [2.75, 3.05) is 13.1 Å². The summed E-state index contributed by atoms with van der Waals surface area (Å²) in [7, 11) is -3.52. The molecular weight excluding hydrogens is 278 g/mol. The average Bonchev–Trinajstić information content (AvgIpc) is 2.78. The van der Waals surface area contributed by atoms with E-state index in [-0.39, 0.29) is 17.5 Å². The fraction of sp³-hybridized carbons (Fsp3) is 0.571. The molecule has 1 aliphatic heterocycles. The minimum Gasteiger partial charge on any atom is -0.491 e. The highest BCUT2D eigenvalue weighted by molar-refractivity contribution is 7.89. The van der Waals surface area contributed by atoms with Crippen molar-refractivity contribution in [3.05, 3.63) is 23.8 Å². The molecule has 0 unspecified atom stereocenters. The summed E-state index contributed by atoms with van der Waals surface area (Å²) in [4.78, 5) is 0.250. The standard InChI is InChI=1S/C14H21NO4S/c1-10(2)19-14-5-4-13(8-11(14)3)20(17,18)15-7-6-12(16)9-15/h4-5,8,10,12,16H,6-7,9H2,1-3H3/t12-/m1/s1. The van der Waals surface area contributed by atoms with Crippen molar-refractivity contribution in [2.45, 2.75) is 44.3 Å². The van der Waals surface area contributed by atoms with E-state index in [0.29, 0.717) is 18.7 Å². The second-order valence-corrected chi connectivity index (χ2v) is 7.34. The van der Waals surface area contributed by atoms with Crippen molar-refractivity contribution in [1.82, 2.24) is 4.31 Å². The van der Waals surface area contributed by atoms with Gasteiger partial charge in [0.25, 0.3) is 0 Å². The molecule has 1 heterocycles. The number of ether oxygens (including phenoxy) is 1. The minimum absolute atomic E-state index is 0.0462. The van der Waals surface area contributed by atoms with Gasteiger partial charge in [-0.3, -0.25) is 0 Å². The molecule has 6 heteroatoms. The van der Waals surface area contributed by atoms with Crippen LogP contribution in [0.25, 0.3) is 0 Å². The first-order chi connectivity index (χ1) is 9.30. The summed E-state index contributed by atoms with van der Waals surface area (Å²) in [5.41, 5.74) is 0.791. The summed E-state index contributed by atoms with van der Waals surface area (Å²) >= 11 is 0. The summed E-state index contributed by atoms with van der Waals surface area (Å²) in [6.07, 6.45) is -0.0217. The molecule has 0 saturated carbocycles. The number of sulfonamides is 1. The van der Waals surface area contributed by atoms with Crippen molar-refractivity contribution in [3.8, 4) is 5.75 Å². The van der Waals surface area contributed by atoms with Gasteiger partial charge in [0.05, 0.1) is 17.1 Å². The van der Waals surface area contributed by atoms with Gasteiger partial charge in [0.2, 0.25) is 10.0 Å². The molecule has 1 aromatic carbocycles. The second kappa shape index (κ2) is 5.71. The fourth-order valence-electron chi connectivity index (χ4n) is 2.25. The van der Waals surface area contributed by atoms with Crippen LogP contribution in [0.1, 0.15) is 25.8 Å². The number of benzene rings is 1. The van der Waals surface area contributed by atoms with Gasteiger partial charge in [-0.15, -0.1) is 0 Å². The van der Waals surface area contributed by atoms with Crippen LogP contribution in [0.5, 0.6) is 5.75 Å². The summed E-state index contributed by atoms with van der Waals surface area (Å²) in [5, 5.41) is 9.48. The predicted octanol–water partition coefficient (Wildman–Crippen LogP) is 1.54. The Morgan fingerprint density at radius 3 is 2.60 bits per heavy atom. The van der Waals surface area contributed by atoms with E-state index in [4.69, 9.17) is 4.74 Å². The van der Waals surface area contributed by atoms with Crippen LogP contribution in [-0.2, 0) is 10.0 Å². The van der Waals surface area contributed by atoms with Crippen LogP contribution >= 0.6 is 0 Å². The molecule has 1 aromatic rings. The van der Waals surface area contributed by atoms with Gasteiger partial charge in [-0.25, -0.2) is 8.42 Å². The summed E-state index contributed by atoms with van der Waals surface area (Å²) < 4.78 is 31.8. The number of rotatable bonds is 4. The Labute approximate surface area is 120 Å². The maximum atomic E-state index is 12.4. The first-order valence-electron chi connectivity index (χ1n) is 6.76. The van der Waals surface area contributed by atoms with Gasteiger partial charge < -0.3 is 9.84 Å². The molecule has 1 fully saturated rings. The molecule has 1 saturated heterocycles. The van der Waals surface area contributed by atoms with E-state index in [9.17, 15) is 13.5 Å². The van der Waals surface area contributed by atoms with Gasteiger partial charge in [0.1, 0.15) is 5.75 Å². The van der Waals surface area contributed by atoms with E-state index in [0.717, 1.165) is 5.56 Å². The third-order valence-corrected chi connectivity index (χ3v) is 5.13. The zero-order valence-electron chi connectivity index (χ0n) is 12.0. The molecule has 1 aliphatic rings. The Hall–Kier alpha value is -1.11. The Balaban J connectivity index is 2.27. The molecular formula is C14H21NO4S. The van der Waals surface area contributed by atoms with E-state index in [1.165, 1.54) is 4.31 Å². The van der Waals surface area contributed by atoms with Crippen LogP contribution in [0.2, 0.25) is 0 Å². The molecule has 0 radical (unpaired) electrons. The summed E-state index contributed by atoms with van der Waals surface area (Å²) in [6, 6.07) is 4.87. The first-order valence-corrected chi connectivity index (χ1v) is 8.20. The maximum absolute atomic E-state index is 12.4. The number of hydrogen-bond acceptors (Lipinski definition) is 4. The molecule has 0 amide bonds. The monoisotopic (exact) mass is 299 g/mol. The average molecular weight is 299 g/mol. The Kier molecular flexibility index (Phi) is 4.36. The maximum Gasteiger partial charge on any atom is 0.243 e. The van der Waals surface area contributed by atoms with Crippen molar-refractivity contribution < 1.29 is 18.3 Å². The van der Waals surface area contributed by atoms with Crippen LogP contribution in [0.4, 0.5) is 0 Å².